The molecule has 120 valence electrons. The Bertz CT molecular complexity index is 572. The van der Waals surface area contributed by atoms with E-state index < -0.39 is 17.2 Å². The molecule has 0 heterocycles. The zero-order chi connectivity index (χ0) is 16.5. The van der Waals surface area contributed by atoms with Crippen LogP contribution >= 0.6 is 0 Å². The smallest absolute Gasteiger partial charge is 0.411 e. The second kappa shape index (κ2) is 5.75. The molecule has 0 aromatic heterocycles. The molecule has 2 rings (SSSR count). The minimum Gasteiger partial charge on any atom is -0.444 e. The minimum absolute atomic E-state index is 0.501. The van der Waals surface area contributed by atoms with Gasteiger partial charge in [-0.3, -0.25) is 4.90 Å². The van der Waals surface area contributed by atoms with Crippen molar-refractivity contribution in [1.29, 1.82) is 0 Å². The van der Waals surface area contributed by atoms with E-state index in [4.69, 9.17) is 4.74 Å². The van der Waals surface area contributed by atoms with Crippen LogP contribution in [0.25, 0.3) is 0 Å². The number of hydrogen-bond donors (Lipinski definition) is 0. The first kappa shape index (κ1) is 16.5. The zero-order valence-corrected chi connectivity index (χ0v) is 14.1. The number of amides is 1. The van der Waals surface area contributed by atoms with Gasteiger partial charge in [0, 0.05) is 7.05 Å². The number of likely N-dealkylation sites (N-methyl/N-ethyl adjacent to an activating group) is 1. The molecule has 1 unspecified atom stereocenters. The summed E-state index contributed by atoms with van der Waals surface area (Å²) in [6.45, 7) is 7.18. The summed E-state index contributed by atoms with van der Waals surface area (Å²) in [4.78, 5) is 25.5. The molecule has 4 heteroatoms. The largest absolute Gasteiger partial charge is 0.444 e. The summed E-state index contributed by atoms with van der Waals surface area (Å²) in [6, 6.07) is 7.96. The fraction of sp³-hybridized carbons (Fsp3) is 0.556. The maximum absolute atomic E-state index is 12.3. The second-order valence-corrected chi connectivity index (χ2v) is 7.20. The number of benzene rings is 1. The van der Waals surface area contributed by atoms with Gasteiger partial charge in [0.15, 0.2) is 0 Å². The molecule has 1 aliphatic rings. The molecule has 0 saturated heterocycles. The van der Waals surface area contributed by atoms with Crippen molar-refractivity contribution in [2.24, 2.45) is 0 Å². The SMILES string of the molecule is CN(C(=O)OC(C)(C)C)C(C)(C=O)c1cccc(C2CC2)c1. The van der Waals surface area contributed by atoms with Crippen molar-refractivity contribution >= 4 is 12.4 Å². The molecule has 0 N–H and O–H groups in total. The number of carbonyl (C=O) groups is 2. The van der Waals surface area contributed by atoms with Crippen LogP contribution in [0.15, 0.2) is 24.3 Å². The Kier molecular flexibility index (Phi) is 4.32. The molecule has 1 atom stereocenters. The molecule has 0 radical (unpaired) electrons. The third kappa shape index (κ3) is 3.49. The lowest BCUT2D eigenvalue weighted by atomic mass is 9.90. The van der Waals surface area contributed by atoms with E-state index >= 15 is 0 Å². The van der Waals surface area contributed by atoms with Gasteiger partial charge in [0.1, 0.15) is 17.4 Å². The maximum Gasteiger partial charge on any atom is 0.411 e. The first-order valence-corrected chi connectivity index (χ1v) is 7.71. The summed E-state index contributed by atoms with van der Waals surface area (Å²) in [7, 11) is 1.60. The molecular formula is C18H25NO3. The predicted molar refractivity (Wildman–Crippen MR) is 85.8 cm³/mol. The van der Waals surface area contributed by atoms with Crippen molar-refractivity contribution in [3.05, 3.63) is 35.4 Å². The average Bonchev–Trinajstić information content (AvgIpc) is 3.28. The monoisotopic (exact) mass is 303 g/mol. The number of carbonyl (C=O) groups excluding carboxylic acids is 2. The van der Waals surface area contributed by atoms with Crippen molar-refractivity contribution < 1.29 is 14.3 Å². The Labute approximate surface area is 132 Å². The fourth-order valence-corrected chi connectivity index (χ4v) is 2.38. The maximum atomic E-state index is 12.3. The van der Waals surface area contributed by atoms with Crippen LogP contribution in [0.4, 0.5) is 4.79 Å². The van der Waals surface area contributed by atoms with Gasteiger partial charge >= 0.3 is 6.09 Å². The van der Waals surface area contributed by atoms with Gasteiger partial charge in [-0.2, -0.15) is 0 Å². The molecular weight excluding hydrogens is 278 g/mol. The Balaban J connectivity index is 2.28. The lowest BCUT2D eigenvalue weighted by molar-refractivity contribution is -0.117. The van der Waals surface area contributed by atoms with Gasteiger partial charge in [-0.15, -0.1) is 0 Å². The van der Waals surface area contributed by atoms with Crippen molar-refractivity contribution in [1.82, 2.24) is 4.90 Å². The first-order valence-electron chi connectivity index (χ1n) is 7.71. The van der Waals surface area contributed by atoms with Gasteiger partial charge in [-0.1, -0.05) is 24.3 Å². The van der Waals surface area contributed by atoms with E-state index in [1.807, 2.05) is 39.0 Å². The molecule has 0 aliphatic heterocycles. The number of hydrogen-bond acceptors (Lipinski definition) is 3. The Morgan fingerprint density at radius 2 is 1.91 bits per heavy atom. The van der Waals surface area contributed by atoms with E-state index in [1.165, 1.54) is 23.3 Å². The van der Waals surface area contributed by atoms with E-state index in [9.17, 15) is 9.59 Å². The van der Waals surface area contributed by atoms with Crippen LogP contribution in [0.3, 0.4) is 0 Å². The summed E-state index contributed by atoms with van der Waals surface area (Å²) in [5.74, 6) is 0.600. The molecule has 1 saturated carbocycles. The molecule has 1 aromatic rings. The van der Waals surface area contributed by atoms with Crippen LogP contribution in [0.5, 0.6) is 0 Å². The molecule has 1 aliphatic carbocycles. The zero-order valence-electron chi connectivity index (χ0n) is 14.1. The van der Waals surface area contributed by atoms with E-state index in [0.29, 0.717) is 5.92 Å². The van der Waals surface area contributed by atoms with Gasteiger partial charge in [-0.05, 0) is 57.6 Å². The summed E-state index contributed by atoms with van der Waals surface area (Å²) in [5.41, 5.74) is 0.432. The van der Waals surface area contributed by atoms with E-state index in [-0.39, 0.29) is 0 Å². The van der Waals surface area contributed by atoms with E-state index in [1.54, 1.807) is 14.0 Å². The van der Waals surface area contributed by atoms with Crippen LogP contribution in [-0.2, 0) is 15.1 Å². The first-order chi connectivity index (χ1) is 10.2. The standard InChI is InChI=1S/C18H25NO3/c1-17(2,3)22-16(21)19(5)18(4,12-20)15-8-6-7-14(11-15)13-9-10-13/h6-8,11-13H,9-10H2,1-5H3. The van der Waals surface area contributed by atoms with Crippen LogP contribution < -0.4 is 0 Å². The lowest BCUT2D eigenvalue weighted by Crippen LogP contribution is -2.48. The number of ether oxygens (including phenoxy) is 1. The Hall–Kier alpha value is -1.84. The number of aldehydes is 1. The van der Waals surface area contributed by atoms with E-state index in [2.05, 4.69) is 6.07 Å². The summed E-state index contributed by atoms with van der Waals surface area (Å²) >= 11 is 0. The highest BCUT2D eigenvalue weighted by atomic mass is 16.6. The van der Waals surface area contributed by atoms with Gasteiger partial charge in [-0.25, -0.2) is 4.79 Å². The number of rotatable bonds is 4. The normalized spacial score (nSPS) is 17.5. The van der Waals surface area contributed by atoms with Gasteiger partial charge in [0.25, 0.3) is 0 Å². The van der Waals surface area contributed by atoms with Gasteiger partial charge in [0.05, 0.1) is 0 Å². The lowest BCUT2D eigenvalue weighted by Gasteiger charge is -2.36. The highest BCUT2D eigenvalue weighted by molar-refractivity contribution is 5.78. The Morgan fingerprint density at radius 3 is 2.41 bits per heavy atom. The highest BCUT2D eigenvalue weighted by Crippen LogP contribution is 2.41. The topological polar surface area (TPSA) is 46.6 Å². The Morgan fingerprint density at radius 1 is 1.27 bits per heavy atom. The molecule has 4 nitrogen and oxygen atoms in total. The molecule has 0 bridgehead atoms. The summed E-state index contributed by atoms with van der Waals surface area (Å²) in [6.07, 6.45) is 2.70. The molecule has 1 amide bonds. The quantitative estimate of drug-likeness (QED) is 0.794. The van der Waals surface area contributed by atoms with Crippen molar-refractivity contribution in [2.45, 2.75) is 57.6 Å². The third-order valence-electron chi connectivity index (χ3n) is 4.11. The highest BCUT2D eigenvalue weighted by Gasteiger charge is 2.37. The molecule has 0 spiro atoms. The van der Waals surface area contributed by atoms with Crippen LogP contribution in [0, 0.1) is 0 Å². The predicted octanol–water partition coefficient (Wildman–Crippen LogP) is 3.85. The second-order valence-electron chi connectivity index (χ2n) is 7.20. The average molecular weight is 303 g/mol. The van der Waals surface area contributed by atoms with Crippen molar-refractivity contribution in [3.8, 4) is 0 Å². The van der Waals surface area contributed by atoms with Crippen LogP contribution in [0.2, 0.25) is 0 Å². The van der Waals surface area contributed by atoms with Crippen molar-refractivity contribution in [3.63, 3.8) is 0 Å². The fourth-order valence-electron chi connectivity index (χ4n) is 2.38. The molecule has 1 aromatic carbocycles. The minimum atomic E-state index is -1.03. The van der Waals surface area contributed by atoms with Crippen LogP contribution in [0.1, 0.15) is 57.6 Å². The summed E-state index contributed by atoms with van der Waals surface area (Å²) < 4.78 is 5.39. The van der Waals surface area contributed by atoms with E-state index in [0.717, 1.165) is 11.8 Å². The number of nitrogens with zero attached hydrogens (tertiary/aromatic N) is 1. The van der Waals surface area contributed by atoms with Crippen molar-refractivity contribution in [2.75, 3.05) is 7.05 Å². The third-order valence-corrected chi connectivity index (χ3v) is 4.11. The van der Waals surface area contributed by atoms with Gasteiger partial charge < -0.3 is 9.53 Å². The van der Waals surface area contributed by atoms with Crippen LogP contribution in [-0.4, -0.2) is 29.9 Å². The molecule has 1 fully saturated rings. The summed E-state index contributed by atoms with van der Waals surface area (Å²) in [5, 5.41) is 0. The van der Waals surface area contributed by atoms with Gasteiger partial charge in [0.2, 0.25) is 0 Å². The molecule has 22 heavy (non-hydrogen) atoms.